The van der Waals surface area contributed by atoms with Crippen molar-refractivity contribution in [2.45, 2.75) is 37.6 Å². The van der Waals surface area contributed by atoms with Crippen molar-refractivity contribution in [3.63, 3.8) is 0 Å². The number of hydrogen-bond donors (Lipinski definition) is 0. The number of rotatable bonds is 4. The number of aromatic nitrogens is 2. The molecule has 22 heavy (non-hydrogen) atoms. The van der Waals surface area contributed by atoms with E-state index in [0.29, 0.717) is 26.1 Å². The normalized spacial score (nSPS) is 22.5. The zero-order chi connectivity index (χ0) is 15.6. The molecule has 3 rings (SSSR count). The molecular formula is C13H18F3N3O3. The SMILES string of the molecule is FC(F)(F)c1nnc(C2CCN(CCC3OCCO3)CC2)o1. The molecule has 3 heterocycles. The quantitative estimate of drug-likeness (QED) is 0.846. The Hall–Kier alpha value is -1.19. The zero-order valence-electron chi connectivity index (χ0n) is 12.0. The maximum absolute atomic E-state index is 12.5. The molecule has 2 saturated heterocycles. The van der Waals surface area contributed by atoms with Crippen molar-refractivity contribution in [3.05, 3.63) is 11.8 Å². The molecule has 0 atom stereocenters. The monoisotopic (exact) mass is 321 g/mol. The van der Waals surface area contributed by atoms with E-state index in [9.17, 15) is 13.2 Å². The summed E-state index contributed by atoms with van der Waals surface area (Å²) >= 11 is 0. The highest BCUT2D eigenvalue weighted by molar-refractivity contribution is 4.96. The van der Waals surface area contributed by atoms with E-state index in [-0.39, 0.29) is 18.1 Å². The van der Waals surface area contributed by atoms with Crippen LogP contribution in [0.4, 0.5) is 13.2 Å². The first-order valence-corrected chi connectivity index (χ1v) is 7.38. The number of hydrogen-bond acceptors (Lipinski definition) is 6. The topological polar surface area (TPSA) is 60.6 Å². The lowest BCUT2D eigenvalue weighted by Crippen LogP contribution is -2.35. The summed E-state index contributed by atoms with van der Waals surface area (Å²) in [7, 11) is 0. The van der Waals surface area contributed by atoms with Gasteiger partial charge in [-0.15, -0.1) is 10.2 Å². The standard InChI is InChI=1S/C13H18F3N3O3/c14-13(15,16)12-18-17-11(22-12)9-1-4-19(5-2-9)6-3-10-20-7-8-21-10/h9-10H,1-8H2. The van der Waals surface area contributed by atoms with Crippen molar-refractivity contribution < 1.29 is 27.1 Å². The molecular weight excluding hydrogens is 303 g/mol. The van der Waals surface area contributed by atoms with Crippen molar-refractivity contribution in [2.75, 3.05) is 32.8 Å². The Morgan fingerprint density at radius 1 is 1.09 bits per heavy atom. The summed E-state index contributed by atoms with van der Waals surface area (Å²) in [6.07, 6.45) is -2.46. The first kappa shape index (κ1) is 15.7. The molecule has 0 amide bonds. The molecule has 6 nitrogen and oxygen atoms in total. The minimum Gasteiger partial charge on any atom is -0.417 e. The molecule has 1 aromatic rings. The second kappa shape index (κ2) is 6.51. The van der Waals surface area contributed by atoms with Crippen LogP contribution in [-0.2, 0) is 15.7 Å². The average Bonchev–Trinajstić information content (AvgIpc) is 3.16. The predicted molar refractivity (Wildman–Crippen MR) is 68.0 cm³/mol. The molecule has 0 aromatic carbocycles. The summed E-state index contributed by atoms with van der Waals surface area (Å²) < 4.78 is 52.9. The van der Waals surface area contributed by atoms with Crippen molar-refractivity contribution in [1.29, 1.82) is 0 Å². The average molecular weight is 321 g/mol. The summed E-state index contributed by atoms with van der Waals surface area (Å²) in [5.41, 5.74) is 0. The predicted octanol–water partition coefficient (Wildman–Crippen LogP) is 2.03. The summed E-state index contributed by atoms with van der Waals surface area (Å²) in [6, 6.07) is 0. The molecule has 0 radical (unpaired) electrons. The second-order valence-electron chi connectivity index (χ2n) is 5.52. The van der Waals surface area contributed by atoms with Gasteiger partial charge in [-0.05, 0) is 25.9 Å². The van der Waals surface area contributed by atoms with Crippen LogP contribution in [0.3, 0.4) is 0 Å². The molecule has 0 aliphatic carbocycles. The van der Waals surface area contributed by atoms with E-state index in [1.54, 1.807) is 0 Å². The van der Waals surface area contributed by atoms with Gasteiger partial charge in [-0.1, -0.05) is 0 Å². The molecule has 0 bridgehead atoms. The highest BCUT2D eigenvalue weighted by Crippen LogP contribution is 2.32. The van der Waals surface area contributed by atoms with Gasteiger partial charge in [0.15, 0.2) is 6.29 Å². The van der Waals surface area contributed by atoms with Crippen LogP contribution in [0.25, 0.3) is 0 Å². The van der Waals surface area contributed by atoms with Gasteiger partial charge in [0.2, 0.25) is 5.89 Å². The fourth-order valence-corrected chi connectivity index (χ4v) is 2.78. The van der Waals surface area contributed by atoms with Crippen LogP contribution in [-0.4, -0.2) is 54.2 Å². The highest BCUT2D eigenvalue weighted by Gasteiger charge is 2.39. The summed E-state index contributed by atoms with van der Waals surface area (Å²) in [5.74, 6) is -1.27. The van der Waals surface area contributed by atoms with E-state index in [2.05, 4.69) is 15.1 Å². The third-order valence-electron chi connectivity index (χ3n) is 3.99. The number of nitrogens with zero attached hydrogens (tertiary/aromatic N) is 3. The van der Waals surface area contributed by atoms with Crippen LogP contribution in [0, 0.1) is 0 Å². The van der Waals surface area contributed by atoms with Crippen LogP contribution in [0.1, 0.15) is 37.0 Å². The number of likely N-dealkylation sites (tertiary alicyclic amines) is 1. The van der Waals surface area contributed by atoms with Crippen molar-refractivity contribution in [1.82, 2.24) is 15.1 Å². The zero-order valence-corrected chi connectivity index (χ0v) is 12.0. The van der Waals surface area contributed by atoms with Gasteiger partial charge in [0.05, 0.1) is 13.2 Å². The van der Waals surface area contributed by atoms with E-state index in [1.165, 1.54) is 0 Å². The van der Waals surface area contributed by atoms with Crippen LogP contribution < -0.4 is 0 Å². The molecule has 2 aliphatic heterocycles. The molecule has 124 valence electrons. The molecule has 0 unspecified atom stereocenters. The molecule has 2 aliphatic rings. The van der Waals surface area contributed by atoms with Crippen LogP contribution >= 0.6 is 0 Å². The lowest BCUT2D eigenvalue weighted by Gasteiger charge is -2.30. The fraction of sp³-hybridized carbons (Fsp3) is 0.846. The van der Waals surface area contributed by atoms with Gasteiger partial charge in [-0.3, -0.25) is 0 Å². The fourth-order valence-electron chi connectivity index (χ4n) is 2.78. The lowest BCUT2D eigenvalue weighted by molar-refractivity contribution is -0.157. The van der Waals surface area contributed by atoms with Gasteiger partial charge in [-0.2, -0.15) is 13.2 Å². The van der Waals surface area contributed by atoms with E-state index < -0.39 is 12.1 Å². The minimum atomic E-state index is -4.58. The van der Waals surface area contributed by atoms with Gasteiger partial charge in [-0.25, -0.2) is 0 Å². The van der Waals surface area contributed by atoms with Crippen LogP contribution in [0.2, 0.25) is 0 Å². The molecule has 0 spiro atoms. The van der Waals surface area contributed by atoms with E-state index in [1.807, 2.05) is 0 Å². The maximum atomic E-state index is 12.5. The van der Waals surface area contributed by atoms with Gasteiger partial charge in [0.25, 0.3) is 0 Å². The molecule has 2 fully saturated rings. The Balaban J connectivity index is 1.46. The Bertz CT molecular complexity index is 480. The molecule has 9 heteroatoms. The maximum Gasteiger partial charge on any atom is 0.470 e. The lowest BCUT2D eigenvalue weighted by atomic mass is 9.97. The second-order valence-corrected chi connectivity index (χ2v) is 5.52. The first-order valence-electron chi connectivity index (χ1n) is 7.38. The van der Waals surface area contributed by atoms with E-state index in [4.69, 9.17) is 13.9 Å². The molecule has 0 saturated carbocycles. The largest absolute Gasteiger partial charge is 0.470 e. The van der Waals surface area contributed by atoms with Crippen molar-refractivity contribution in [3.8, 4) is 0 Å². The molecule has 1 aromatic heterocycles. The van der Waals surface area contributed by atoms with Gasteiger partial charge in [0, 0.05) is 18.9 Å². The smallest absolute Gasteiger partial charge is 0.417 e. The Kier molecular flexibility index (Phi) is 4.65. The minimum absolute atomic E-state index is 0.0921. The number of halogens is 3. The van der Waals surface area contributed by atoms with Crippen molar-refractivity contribution >= 4 is 0 Å². The summed E-state index contributed by atoms with van der Waals surface area (Å²) in [5, 5.41) is 6.63. The third kappa shape index (κ3) is 3.76. The number of alkyl halides is 3. The summed E-state index contributed by atoms with van der Waals surface area (Å²) in [4.78, 5) is 2.25. The van der Waals surface area contributed by atoms with Crippen LogP contribution in [0.5, 0.6) is 0 Å². The van der Waals surface area contributed by atoms with Gasteiger partial charge < -0.3 is 18.8 Å². The Morgan fingerprint density at radius 2 is 1.77 bits per heavy atom. The van der Waals surface area contributed by atoms with Crippen molar-refractivity contribution in [2.24, 2.45) is 0 Å². The number of piperidine rings is 1. The molecule has 0 N–H and O–H groups in total. The first-order chi connectivity index (χ1) is 10.5. The van der Waals surface area contributed by atoms with Gasteiger partial charge in [0.1, 0.15) is 0 Å². The van der Waals surface area contributed by atoms with Gasteiger partial charge >= 0.3 is 12.1 Å². The summed E-state index contributed by atoms with van der Waals surface area (Å²) in [6.45, 7) is 3.73. The number of ether oxygens (including phenoxy) is 2. The van der Waals surface area contributed by atoms with E-state index in [0.717, 1.165) is 26.1 Å². The Morgan fingerprint density at radius 3 is 2.36 bits per heavy atom. The highest BCUT2D eigenvalue weighted by atomic mass is 19.4. The van der Waals surface area contributed by atoms with Crippen LogP contribution in [0.15, 0.2) is 4.42 Å². The third-order valence-corrected chi connectivity index (χ3v) is 3.99. The van der Waals surface area contributed by atoms with E-state index >= 15 is 0 Å². The Labute approximate surface area is 125 Å².